The SMILES string of the molecule is Cc1ccc(-c2nc([C@H](Cc3ccccc3)NC(=O)NCc3cc(Cl)ccc3N3CCCC3)[nH]c2Cl)cc1. The molecule has 1 aliphatic heterocycles. The van der Waals surface area contributed by atoms with Gasteiger partial charge >= 0.3 is 6.03 Å². The lowest BCUT2D eigenvalue weighted by molar-refractivity contribution is 0.236. The molecule has 0 aliphatic carbocycles. The second-order valence-corrected chi connectivity index (χ2v) is 10.5. The summed E-state index contributed by atoms with van der Waals surface area (Å²) in [5.74, 6) is 0.602. The van der Waals surface area contributed by atoms with E-state index in [1.165, 1.54) is 12.8 Å². The molecule has 38 heavy (non-hydrogen) atoms. The number of urea groups is 1. The first-order chi connectivity index (χ1) is 18.5. The van der Waals surface area contributed by atoms with Gasteiger partial charge in [-0.3, -0.25) is 0 Å². The summed E-state index contributed by atoms with van der Waals surface area (Å²) in [5, 5.41) is 7.23. The van der Waals surface area contributed by atoms with Crippen molar-refractivity contribution in [2.45, 2.75) is 38.8 Å². The summed E-state index contributed by atoms with van der Waals surface area (Å²) in [4.78, 5) is 23.5. The van der Waals surface area contributed by atoms with Crippen molar-refractivity contribution in [2.75, 3.05) is 18.0 Å². The number of hydrogen-bond acceptors (Lipinski definition) is 3. The van der Waals surface area contributed by atoms with E-state index in [-0.39, 0.29) is 6.03 Å². The maximum atomic E-state index is 13.2. The minimum atomic E-state index is -0.411. The first kappa shape index (κ1) is 26.1. The monoisotopic (exact) mass is 547 g/mol. The number of nitrogens with one attached hydrogen (secondary N) is 3. The van der Waals surface area contributed by atoms with Gasteiger partial charge < -0.3 is 20.5 Å². The maximum absolute atomic E-state index is 13.2. The van der Waals surface area contributed by atoms with Gasteiger partial charge in [-0.15, -0.1) is 0 Å². The van der Waals surface area contributed by atoms with Crippen LogP contribution in [0.2, 0.25) is 10.2 Å². The number of imidazole rings is 1. The first-order valence-electron chi connectivity index (χ1n) is 12.9. The number of amides is 2. The standard InChI is InChI=1S/C30H31Cl2N5O/c1-20-9-11-22(12-10-20)27-28(32)36-29(35-27)25(17-21-7-3-2-4-8-21)34-30(38)33-19-23-18-24(31)13-14-26(23)37-15-5-6-16-37/h2-4,7-14,18,25H,5-6,15-17,19H2,1H3,(H,35,36)(H2,33,34,38)/t25-/m0/s1. The molecular weight excluding hydrogens is 517 g/mol. The van der Waals surface area contributed by atoms with E-state index >= 15 is 0 Å². The lowest BCUT2D eigenvalue weighted by atomic mass is 10.1. The van der Waals surface area contributed by atoms with E-state index in [1.54, 1.807) is 0 Å². The molecular formula is C30H31Cl2N5O. The van der Waals surface area contributed by atoms with Crippen molar-refractivity contribution in [3.63, 3.8) is 0 Å². The maximum Gasteiger partial charge on any atom is 0.315 e. The molecule has 0 spiro atoms. The van der Waals surface area contributed by atoms with E-state index < -0.39 is 6.04 Å². The second-order valence-electron chi connectivity index (χ2n) is 9.69. The summed E-state index contributed by atoms with van der Waals surface area (Å²) in [7, 11) is 0. The molecule has 0 saturated carbocycles. The smallest absolute Gasteiger partial charge is 0.315 e. The van der Waals surface area contributed by atoms with Gasteiger partial charge in [0.05, 0.1) is 6.04 Å². The molecule has 6 nitrogen and oxygen atoms in total. The number of nitrogens with zero attached hydrogens (tertiary/aromatic N) is 2. The number of anilines is 1. The number of aromatic nitrogens is 2. The minimum Gasteiger partial charge on any atom is -0.371 e. The quantitative estimate of drug-likeness (QED) is 0.220. The van der Waals surface area contributed by atoms with E-state index in [9.17, 15) is 4.79 Å². The summed E-state index contributed by atoms with van der Waals surface area (Å²) < 4.78 is 0. The predicted molar refractivity (Wildman–Crippen MR) is 155 cm³/mol. The molecule has 1 saturated heterocycles. The molecule has 1 fully saturated rings. The highest BCUT2D eigenvalue weighted by molar-refractivity contribution is 6.32. The van der Waals surface area contributed by atoms with Crippen LogP contribution in [0, 0.1) is 6.92 Å². The van der Waals surface area contributed by atoms with Gasteiger partial charge in [0.25, 0.3) is 0 Å². The highest BCUT2D eigenvalue weighted by atomic mass is 35.5. The van der Waals surface area contributed by atoms with Gasteiger partial charge in [0.15, 0.2) is 0 Å². The number of carbonyl (C=O) groups excluding carboxylic acids is 1. The molecule has 1 aliphatic rings. The van der Waals surface area contributed by atoms with E-state index in [0.717, 1.165) is 41.0 Å². The van der Waals surface area contributed by atoms with Crippen LogP contribution in [-0.4, -0.2) is 29.1 Å². The first-order valence-corrected chi connectivity index (χ1v) is 13.7. The van der Waals surface area contributed by atoms with Crippen LogP contribution < -0.4 is 15.5 Å². The summed E-state index contributed by atoms with van der Waals surface area (Å²) in [6.07, 6.45) is 2.91. The van der Waals surface area contributed by atoms with E-state index in [0.29, 0.717) is 34.7 Å². The van der Waals surface area contributed by atoms with Crippen molar-refractivity contribution in [2.24, 2.45) is 0 Å². The van der Waals surface area contributed by atoms with Crippen LogP contribution in [0.25, 0.3) is 11.3 Å². The minimum absolute atomic E-state index is 0.289. The van der Waals surface area contributed by atoms with E-state index in [4.69, 9.17) is 28.2 Å². The Kier molecular flexibility index (Phi) is 8.20. The Morgan fingerprint density at radius 1 is 1.03 bits per heavy atom. The molecule has 0 radical (unpaired) electrons. The van der Waals surface area contributed by atoms with Crippen LogP contribution in [0.1, 0.15) is 41.4 Å². The van der Waals surface area contributed by atoms with Gasteiger partial charge in [0.1, 0.15) is 16.7 Å². The average Bonchev–Trinajstić information content (AvgIpc) is 3.59. The zero-order valence-corrected chi connectivity index (χ0v) is 22.8. The van der Waals surface area contributed by atoms with Crippen molar-refractivity contribution in [1.29, 1.82) is 0 Å². The summed E-state index contributed by atoms with van der Waals surface area (Å²) in [6, 6.07) is 23.2. The highest BCUT2D eigenvalue weighted by Crippen LogP contribution is 2.30. The topological polar surface area (TPSA) is 73.1 Å². The van der Waals surface area contributed by atoms with Crippen molar-refractivity contribution < 1.29 is 4.79 Å². The Hall–Kier alpha value is -3.48. The second kappa shape index (κ2) is 11.9. The molecule has 3 N–H and O–H groups in total. The summed E-state index contributed by atoms with van der Waals surface area (Å²) >= 11 is 12.9. The Balaban J connectivity index is 1.34. The van der Waals surface area contributed by atoms with Gasteiger partial charge in [0.2, 0.25) is 0 Å². The predicted octanol–water partition coefficient (Wildman–Crippen LogP) is 7.08. The third-order valence-corrected chi connectivity index (χ3v) is 7.36. The average molecular weight is 549 g/mol. The molecule has 0 unspecified atom stereocenters. The molecule has 1 aromatic heterocycles. The fourth-order valence-electron chi connectivity index (χ4n) is 4.85. The van der Waals surface area contributed by atoms with Crippen LogP contribution in [0.4, 0.5) is 10.5 Å². The Morgan fingerprint density at radius 3 is 2.50 bits per heavy atom. The van der Waals surface area contributed by atoms with E-state index in [2.05, 4.69) is 20.5 Å². The van der Waals surface area contributed by atoms with Crippen molar-refractivity contribution in [3.05, 3.63) is 105 Å². The number of aryl methyl sites for hydroxylation is 1. The number of carbonyl (C=O) groups is 1. The van der Waals surface area contributed by atoms with E-state index in [1.807, 2.05) is 79.7 Å². The molecule has 3 aromatic carbocycles. The van der Waals surface area contributed by atoms with Crippen molar-refractivity contribution in [1.82, 2.24) is 20.6 Å². The van der Waals surface area contributed by atoms with Crippen LogP contribution >= 0.6 is 23.2 Å². The summed E-state index contributed by atoms with van der Waals surface area (Å²) in [6.45, 7) is 4.44. The van der Waals surface area contributed by atoms with Gasteiger partial charge in [0, 0.05) is 35.9 Å². The normalized spacial score (nSPS) is 13.9. The van der Waals surface area contributed by atoms with Crippen LogP contribution in [0.15, 0.2) is 72.8 Å². The zero-order valence-electron chi connectivity index (χ0n) is 21.3. The van der Waals surface area contributed by atoms with Crippen molar-refractivity contribution >= 4 is 34.9 Å². The van der Waals surface area contributed by atoms with Gasteiger partial charge in [-0.05, 0) is 55.5 Å². The third-order valence-electron chi connectivity index (χ3n) is 6.85. The van der Waals surface area contributed by atoms with Crippen LogP contribution in [0.3, 0.4) is 0 Å². The highest BCUT2D eigenvalue weighted by Gasteiger charge is 2.22. The number of hydrogen-bond donors (Lipinski definition) is 3. The van der Waals surface area contributed by atoms with Crippen LogP contribution in [0.5, 0.6) is 0 Å². The molecule has 196 valence electrons. The lowest BCUT2D eigenvalue weighted by Crippen LogP contribution is -2.39. The number of aromatic amines is 1. The zero-order chi connectivity index (χ0) is 26.5. The Labute approximate surface area is 233 Å². The molecule has 5 rings (SSSR count). The number of halogens is 2. The fraction of sp³-hybridized carbons (Fsp3) is 0.267. The fourth-order valence-corrected chi connectivity index (χ4v) is 5.29. The third kappa shape index (κ3) is 6.32. The van der Waals surface area contributed by atoms with Crippen molar-refractivity contribution in [3.8, 4) is 11.3 Å². The molecule has 2 heterocycles. The van der Waals surface area contributed by atoms with Gasteiger partial charge in [-0.25, -0.2) is 9.78 Å². The summed E-state index contributed by atoms with van der Waals surface area (Å²) in [5.41, 5.74) is 5.94. The molecule has 4 aromatic rings. The number of benzene rings is 3. The number of H-pyrrole nitrogens is 1. The molecule has 8 heteroatoms. The molecule has 2 amide bonds. The van der Waals surface area contributed by atoms with Crippen LogP contribution in [-0.2, 0) is 13.0 Å². The number of rotatable bonds is 8. The van der Waals surface area contributed by atoms with Gasteiger partial charge in [-0.1, -0.05) is 83.4 Å². The Bertz CT molecular complexity index is 1380. The molecule has 1 atom stereocenters. The Morgan fingerprint density at radius 2 is 1.76 bits per heavy atom. The van der Waals surface area contributed by atoms with Gasteiger partial charge in [-0.2, -0.15) is 0 Å². The largest absolute Gasteiger partial charge is 0.371 e. The molecule has 0 bridgehead atoms. The lowest BCUT2D eigenvalue weighted by Gasteiger charge is -2.22.